The molecule has 3 rings (SSSR count). The fourth-order valence-electron chi connectivity index (χ4n) is 3.76. The van der Waals surface area contributed by atoms with E-state index in [-0.39, 0.29) is 35.7 Å². The van der Waals surface area contributed by atoms with Crippen LogP contribution in [0.2, 0.25) is 0 Å². The Bertz CT molecular complexity index is 643. The normalized spacial score (nSPS) is 23.8. The molecular formula is C19H27ClFN3O2. The predicted molar refractivity (Wildman–Crippen MR) is 101 cm³/mol. The Balaban J connectivity index is 0.00000243. The minimum Gasteiger partial charge on any atom is -0.341 e. The third-order valence-electron chi connectivity index (χ3n) is 5.17. The Labute approximate surface area is 160 Å². The van der Waals surface area contributed by atoms with Gasteiger partial charge in [0.05, 0.1) is 5.56 Å². The molecule has 2 fully saturated rings. The van der Waals surface area contributed by atoms with Gasteiger partial charge in [-0.25, -0.2) is 4.39 Å². The van der Waals surface area contributed by atoms with Gasteiger partial charge in [-0.2, -0.15) is 0 Å². The molecule has 7 heteroatoms. The molecule has 0 radical (unpaired) electrons. The van der Waals surface area contributed by atoms with Gasteiger partial charge in [0.2, 0.25) is 5.91 Å². The summed E-state index contributed by atoms with van der Waals surface area (Å²) in [4.78, 5) is 28.9. The summed E-state index contributed by atoms with van der Waals surface area (Å²) in [5.74, 6) is -0.505. The zero-order chi connectivity index (χ0) is 17.8. The van der Waals surface area contributed by atoms with Gasteiger partial charge in [-0.3, -0.25) is 9.59 Å². The standard InChI is InChI=1S/C19H26FN3O2.ClH/c1-14-13-15(7-8-21-14)18(24)22-9-4-10-23(12-11-22)19(25)16-5-2-3-6-17(16)20;/h2-3,5-6,14-15,21H,4,7-13H2,1H3;1H/t14-,15-;/m0./s1. The number of benzene rings is 1. The van der Waals surface area contributed by atoms with Crippen LogP contribution >= 0.6 is 12.4 Å². The van der Waals surface area contributed by atoms with Gasteiger partial charge in [-0.15, -0.1) is 12.4 Å². The van der Waals surface area contributed by atoms with Crippen molar-refractivity contribution in [3.8, 4) is 0 Å². The number of carbonyl (C=O) groups excluding carboxylic acids is 2. The maximum Gasteiger partial charge on any atom is 0.256 e. The van der Waals surface area contributed by atoms with Crippen LogP contribution in [-0.2, 0) is 4.79 Å². The lowest BCUT2D eigenvalue weighted by Gasteiger charge is -2.31. The van der Waals surface area contributed by atoms with Crippen LogP contribution in [0.15, 0.2) is 24.3 Å². The topological polar surface area (TPSA) is 52.7 Å². The fraction of sp³-hybridized carbons (Fsp3) is 0.579. The van der Waals surface area contributed by atoms with Gasteiger partial charge in [0.25, 0.3) is 5.91 Å². The average Bonchev–Trinajstić information content (AvgIpc) is 2.87. The summed E-state index contributed by atoms with van der Waals surface area (Å²) in [7, 11) is 0. The molecular weight excluding hydrogens is 357 g/mol. The highest BCUT2D eigenvalue weighted by Crippen LogP contribution is 2.20. The van der Waals surface area contributed by atoms with Crippen LogP contribution in [0.4, 0.5) is 4.39 Å². The molecule has 2 amide bonds. The number of carbonyl (C=O) groups is 2. The van der Waals surface area contributed by atoms with E-state index in [1.807, 2.05) is 4.90 Å². The van der Waals surface area contributed by atoms with Crippen molar-refractivity contribution in [3.05, 3.63) is 35.6 Å². The summed E-state index contributed by atoms with van der Waals surface area (Å²) in [5.41, 5.74) is 0.106. The Hall–Kier alpha value is -1.66. The Morgan fingerprint density at radius 1 is 1.12 bits per heavy atom. The van der Waals surface area contributed by atoms with Crippen molar-refractivity contribution in [1.82, 2.24) is 15.1 Å². The van der Waals surface area contributed by atoms with E-state index in [9.17, 15) is 14.0 Å². The minimum atomic E-state index is -0.492. The van der Waals surface area contributed by atoms with E-state index in [4.69, 9.17) is 0 Å². The predicted octanol–water partition coefficient (Wildman–Crippen LogP) is 2.31. The number of nitrogens with one attached hydrogen (secondary N) is 1. The summed E-state index contributed by atoms with van der Waals surface area (Å²) in [6, 6.07) is 6.44. The van der Waals surface area contributed by atoms with Gasteiger partial charge in [0.1, 0.15) is 5.82 Å². The van der Waals surface area contributed by atoms with Crippen molar-refractivity contribution in [2.75, 3.05) is 32.7 Å². The zero-order valence-electron chi connectivity index (χ0n) is 15.1. The lowest BCUT2D eigenvalue weighted by atomic mass is 9.92. The first-order valence-electron chi connectivity index (χ1n) is 9.12. The second-order valence-corrected chi connectivity index (χ2v) is 7.03. The van der Waals surface area contributed by atoms with Crippen LogP contribution in [0.5, 0.6) is 0 Å². The molecule has 0 spiro atoms. The number of hydrogen-bond acceptors (Lipinski definition) is 3. The highest BCUT2D eigenvalue weighted by molar-refractivity contribution is 5.94. The third kappa shape index (κ3) is 4.74. The summed E-state index contributed by atoms with van der Waals surface area (Å²) >= 11 is 0. The first kappa shape index (κ1) is 20.6. The van der Waals surface area contributed by atoms with Crippen molar-refractivity contribution < 1.29 is 14.0 Å². The van der Waals surface area contributed by atoms with Crippen LogP contribution in [0.3, 0.4) is 0 Å². The molecule has 2 heterocycles. The molecule has 144 valence electrons. The summed E-state index contributed by atoms with van der Waals surface area (Å²) < 4.78 is 13.9. The molecule has 0 unspecified atom stereocenters. The summed E-state index contributed by atoms with van der Waals surface area (Å²) in [5, 5.41) is 3.37. The van der Waals surface area contributed by atoms with E-state index in [0.717, 1.165) is 25.8 Å². The van der Waals surface area contributed by atoms with Crippen molar-refractivity contribution in [2.24, 2.45) is 5.92 Å². The molecule has 2 saturated heterocycles. The van der Waals surface area contributed by atoms with Crippen molar-refractivity contribution >= 4 is 24.2 Å². The van der Waals surface area contributed by atoms with Crippen molar-refractivity contribution in [1.29, 1.82) is 0 Å². The Morgan fingerprint density at radius 2 is 1.81 bits per heavy atom. The molecule has 1 aromatic rings. The molecule has 0 aromatic heterocycles. The fourth-order valence-corrected chi connectivity index (χ4v) is 3.76. The first-order chi connectivity index (χ1) is 12.1. The van der Waals surface area contributed by atoms with Crippen LogP contribution in [0.1, 0.15) is 36.5 Å². The number of amides is 2. The molecule has 0 bridgehead atoms. The van der Waals surface area contributed by atoms with Gasteiger partial charge in [-0.05, 0) is 44.9 Å². The summed E-state index contributed by atoms with van der Waals surface area (Å²) in [6.07, 6.45) is 2.47. The van der Waals surface area contributed by atoms with E-state index >= 15 is 0 Å². The number of hydrogen-bond donors (Lipinski definition) is 1. The van der Waals surface area contributed by atoms with Crippen LogP contribution in [0, 0.1) is 11.7 Å². The maximum atomic E-state index is 13.9. The second kappa shape index (κ2) is 9.33. The quantitative estimate of drug-likeness (QED) is 0.852. The largest absolute Gasteiger partial charge is 0.341 e. The Morgan fingerprint density at radius 3 is 2.54 bits per heavy atom. The third-order valence-corrected chi connectivity index (χ3v) is 5.17. The molecule has 2 atom stereocenters. The first-order valence-corrected chi connectivity index (χ1v) is 9.12. The highest BCUT2D eigenvalue weighted by Gasteiger charge is 2.30. The molecule has 2 aliphatic heterocycles. The van der Waals surface area contributed by atoms with Gasteiger partial charge in [-0.1, -0.05) is 12.1 Å². The monoisotopic (exact) mass is 383 g/mol. The number of nitrogens with zero attached hydrogens (tertiary/aromatic N) is 2. The van der Waals surface area contributed by atoms with Gasteiger partial charge >= 0.3 is 0 Å². The molecule has 5 nitrogen and oxygen atoms in total. The molecule has 2 aliphatic rings. The number of rotatable bonds is 2. The van der Waals surface area contributed by atoms with E-state index in [1.54, 1.807) is 17.0 Å². The molecule has 1 aromatic carbocycles. The van der Waals surface area contributed by atoms with Gasteiger partial charge in [0, 0.05) is 38.1 Å². The minimum absolute atomic E-state index is 0. The lowest BCUT2D eigenvalue weighted by molar-refractivity contribution is -0.136. The van der Waals surface area contributed by atoms with Crippen LogP contribution in [-0.4, -0.2) is 60.4 Å². The zero-order valence-corrected chi connectivity index (χ0v) is 15.9. The highest BCUT2D eigenvalue weighted by atomic mass is 35.5. The number of halogens is 2. The molecule has 0 aliphatic carbocycles. The van der Waals surface area contributed by atoms with E-state index in [2.05, 4.69) is 12.2 Å². The SMILES string of the molecule is C[C@H]1C[C@@H](C(=O)N2CCCN(C(=O)c3ccccc3F)CC2)CCN1.Cl. The van der Waals surface area contributed by atoms with Crippen molar-refractivity contribution in [2.45, 2.75) is 32.2 Å². The smallest absolute Gasteiger partial charge is 0.256 e. The van der Waals surface area contributed by atoms with E-state index in [0.29, 0.717) is 32.2 Å². The van der Waals surface area contributed by atoms with E-state index in [1.165, 1.54) is 12.1 Å². The molecule has 1 N–H and O–H groups in total. The van der Waals surface area contributed by atoms with Crippen molar-refractivity contribution in [3.63, 3.8) is 0 Å². The molecule has 0 saturated carbocycles. The van der Waals surface area contributed by atoms with Gasteiger partial charge in [0.15, 0.2) is 0 Å². The average molecular weight is 384 g/mol. The second-order valence-electron chi connectivity index (χ2n) is 7.03. The Kier molecular flexibility index (Phi) is 7.41. The van der Waals surface area contributed by atoms with E-state index < -0.39 is 5.82 Å². The summed E-state index contributed by atoms with van der Waals surface area (Å²) in [6.45, 7) is 5.19. The molecule has 26 heavy (non-hydrogen) atoms. The number of piperidine rings is 1. The maximum absolute atomic E-state index is 13.9. The van der Waals surface area contributed by atoms with Crippen LogP contribution in [0.25, 0.3) is 0 Å². The lowest BCUT2D eigenvalue weighted by Crippen LogP contribution is -2.45. The van der Waals surface area contributed by atoms with Gasteiger partial charge < -0.3 is 15.1 Å². The van der Waals surface area contributed by atoms with Crippen LogP contribution < -0.4 is 5.32 Å².